The maximum Gasteiger partial charge on any atom is 0.120 e. The maximum absolute atomic E-state index is 6.47. The molecule has 0 bridgehead atoms. The summed E-state index contributed by atoms with van der Waals surface area (Å²) >= 11 is 0. The first-order valence-electron chi connectivity index (χ1n) is 8.08. The molecule has 2 N–H and O–H groups in total. The Morgan fingerprint density at radius 1 is 1.29 bits per heavy atom. The summed E-state index contributed by atoms with van der Waals surface area (Å²) in [6.07, 6.45) is 2.46. The molecule has 2 atom stereocenters. The average molecular weight is 290 g/mol. The van der Waals surface area contributed by atoms with E-state index in [0.29, 0.717) is 0 Å². The second kappa shape index (κ2) is 6.37. The van der Waals surface area contributed by atoms with Crippen LogP contribution in [0.1, 0.15) is 59.1 Å². The number of benzene rings is 1. The summed E-state index contributed by atoms with van der Waals surface area (Å²) in [5, 5.41) is 0. The minimum atomic E-state index is 0.123. The van der Waals surface area contributed by atoms with Gasteiger partial charge in [0, 0.05) is 11.6 Å². The number of rotatable bonds is 3. The van der Waals surface area contributed by atoms with E-state index in [0.717, 1.165) is 18.7 Å². The molecule has 0 aliphatic carbocycles. The van der Waals surface area contributed by atoms with Crippen molar-refractivity contribution in [2.24, 2.45) is 5.73 Å². The summed E-state index contributed by atoms with van der Waals surface area (Å²) in [6, 6.07) is 8.91. The summed E-state index contributed by atoms with van der Waals surface area (Å²) in [5.74, 6) is 0.939. The van der Waals surface area contributed by atoms with Gasteiger partial charge in [-0.2, -0.15) is 0 Å². The molecule has 1 aliphatic rings. The monoisotopic (exact) mass is 290 g/mol. The molecule has 118 valence electrons. The zero-order valence-electron chi connectivity index (χ0n) is 14.1. The highest BCUT2D eigenvalue weighted by molar-refractivity contribution is 5.32. The number of piperidine rings is 1. The van der Waals surface area contributed by atoms with Crippen LogP contribution in [0.2, 0.25) is 0 Å². The van der Waals surface area contributed by atoms with Gasteiger partial charge >= 0.3 is 0 Å². The molecule has 1 aromatic carbocycles. The van der Waals surface area contributed by atoms with Crippen LogP contribution in [0.5, 0.6) is 5.75 Å². The SMILES string of the molecule is CC(C)Oc1cccc(C2C(N)CCCN2C(C)(C)C)c1. The van der Waals surface area contributed by atoms with Crippen LogP contribution in [-0.2, 0) is 0 Å². The molecule has 0 amide bonds. The number of hydrogen-bond donors (Lipinski definition) is 1. The molecule has 1 aromatic rings. The van der Waals surface area contributed by atoms with Crippen molar-refractivity contribution in [1.29, 1.82) is 0 Å². The lowest BCUT2D eigenvalue weighted by atomic mass is 9.87. The Hall–Kier alpha value is -1.06. The van der Waals surface area contributed by atoms with Crippen molar-refractivity contribution in [2.75, 3.05) is 6.54 Å². The molecular formula is C18H30N2O. The third kappa shape index (κ3) is 3.98. The van der Waals surface area contributed by atoms with Gasteiger partial charge in [0.05, 0.1) is 12.1 Å². The first kappa shape index (κ1) is 16.3. The third-order valence-electron chi connectivity index (χ3n) is 4.11. The molecule has 3 nitrogen and oxygen atoms in total. The highest BCUT2D eigenvalue weighted by atomic mass is 16.5. The zero-order valence-corrected chi connectivity index (χ0v) is 14.1. The van der Waals surface area contributed by atoms with E-state index in [-0.39, 0.29) is 23.7 Å². The van der Waals surface area contributed by atoms with Gasteiger partial charge in [0.1, 0.15) is 5.75 Å². The van der Waals surface area contributed by atoms with Crippen molar-refractivity contribution in [3.05, 3.63) is 29.8 Å². The van der Waals surface area contributed by atoms with E-state index >= 15 is 0 Å². The lowest BCUT2D eigenvalue weighted by molar-refractivity contribution is 0.0382. The van der Waals surface area contributed by atoms with E-state index in [1.807, 2.05) is 6.07 Å². The van der Waals surface area contributed by atoms with Crippen LogP contribution in [0, 0.1) is 0 Å². The molecule has 1 fully saturated rings. The Balaban J connectivity index is 2.31. The van der Waals surface area contributed by atoms with Crippen LogP contribution in [-0.4, -0.2) is 29.1 Å². The van der Waals surface area contributed by atoms with Crippen molar-refractivity contribution in [1.82, 2.24) is 4.90 Å². The fourth-order valence-electron chi connectivity index (χ4n) is 3.25. The number of ether oxygens (including phenoxy) is 1. The molecule has 1 aliphatic heterocycles. The van der Waals surface area contributed by atoms with Gasteiger partial charge in [0.2, 0.25) is 0 Å². The molecule has 2 unspecified atom stereocenters. The molecule has 0 radical (unpaired) electrons. The van der Waals surface area contributed by atoms with Gasteiger partial charge in [-0.05, 0) is 71.7 Å². The van der Waals surface area contributed by atoms with Gasteiger partial charge in [0.25, 0.3) is 0 Å². The van der Waals surface area contributed by atoms with E-state index in [9.17, 15) is 0 Å². The van der Waals surface area contributed by atoms with Crippen LogP contribution < -0.4 is 10.5 Å². The van der Waals surface area contributed by atoms with Crippen LogP contribution in [0.25, 0.3) is 0 Å². The molecule has 2 rings (SSSR count). The second-order valence-corrected chi connectivity index (χ2v) is 7.35. The molecule has 3 heteroatoms. The number of nitrogens with two attached hydrogens (primary N) is 1. The summed E-state index contributed by atoms with van der Waals surface area (Å²) in [5.41, 5.74) is 7.86. The summed E-state index contributed by atoms with van der Waals surface area (Å²) in [4.78, 5) is 2.54. The standard InChI is InChI=1S/C18H30N2O/c1-13(2)21-15-9-6-8-14(12-15)17-16(19)10-7-11-20(17)18(3,4)5/h6,8-9,12-13,16-17H,7,10-11,19H2,1-5H3. The van der Waals surface area contributed by atoms with Gasteiger partial charge in [-0.3, -0.25) is 4.90 Å². The highest BCUT2D eigenvalue weighted by Crippen LogP contribution is 2.36. The minimum absolute atomic E-state index is 0.123. The van der Waals surface area contributed by atoms with Crippen LogP contribution >= 0.6 is 0 Å². The normalized spacial score (nSPS) is 24.3. The lowest BCUT2D eigenvalue weighted by Crippen LogP contribution is -2.53. The molecule has 0 spiro atoms. The molecule has 0 saturated carbocycles. The largest absolute Gasteiger partial charge is 0.491 e. The molecule has 1 saturated heterocycles. The van der Waals surface area contributed by atoms with Crippen LogP contribution in [0.3, 0.4) is 0 Å². The predicted octanol–water partition coefficient (Wildman–Crippen LogP) is 3.74. The Kier molecular flexibility index (Phi) is 4.95. The van der Waals surface area contributed by atoms with Crippen LogP contribution in [0.15, 0.2) is 24.3 Å². The number of likely N-dealkylation sites (tertiary alicyclic amines) is 1. The lowest BCUT2D eigenvalue weighted by Gasteiger charge is -2.47. The van der Waals surface area contributed by atoms with Gasteiger partial charge in [0.15, 0.2) is 0 Å². The summed E-state index contributed by atoms with van der Waals surface area (Å²) < 4.78 is 5.84. The average Bonchev–Trinajstić information content (AvgIpc) is 2.36. The topological polar surface area (TPSA) is 38.5 Å². The molecular weight excluding hydrogens is 260 g/mol. The Morgan fingerprint density at radius 2 is 2.00 bits per heavy atom. The van der Waals surface area contributed by atoms with Gasteiger partial charge < -0.3 is 10.5 Å². The van der Waals surface area contributed by atoms with Gasteiger partial charge in [-0.15, -0.1) is 0 Å². The fourth-order valence-corrected chi connectivity index (χ4v) is 3.25. The fraction of sp³-hybridized carbons (Fsp3) is 0.667. The van der Waals surface area contributed by atoms with E-state index in [1.165, 1.54) is 12.0 Å². The predicted molar refractivity (Wildman–Crippen MR) is 88.6 cm³/mol. The van der Waals surface area contributed by atoms with Crippen molar-refractivity contribution in [3.63, 3.8) is 0 Å². The van der Waals surface area contributed by atoms with Crippen molar-refractivity contribution in [3.8, 4) is 5.75 Å². The van der Waals surface area contributed by atoms with Gasteiger partial charge in [-0.25, -0.2) is 0 Å². The first-order chi connectivity index (χ1) is 9.79. The van der Waals surface area contributed by atoms with Crippen molar-refractivity contribution < 1.29 is 4.74 Å². The van der Waals surface area contributed by atoms with Crippen molar-refractivity contribution >= 4 is 0 Å². The highest BCUT2D eigenvalue weighted by Gasteiger charge is 2.36. The Labute approximate surface area is 129 Å². The van der Waals surface area contributed by atoms with Gasteiger partial charge in [-0.1, -0.05) is 12.1 Å². The van der Waals surface area contributed by atoms with E-state index < -0.39 is 0 Å². The Bertz CT molecular complexity index is 465. The smallest absolute Gasteiger partial charge is 0.120 e. The minimum Gasteiger partial charge on any atom is -0.491 e. The maximum atomic E-state index is 6.47. The molecule has 21 heavy (non-hydrogen) atoms. The number of nitrogens with zero attached hydrogens (tertiary/aromatic N) is 1. The summed E-state index contributed by atoms with van der Waals surface area (Å²) in [7, 11) is 0. The van der Waals surface area contributed by atoms with E-state index in [2.05, 4.69) is 57.7 Å². The van der Waals surface area contributed by atoms with E-state index in [4.69, 9.17) is 10.5 Å². The third-order valence-corrected chi connectivity index (χ3v) is 4.11. The quantitative estimate of drug-likeness (QED) is 0.921. The van der Waals surface area contributed by atoms with E-state index in [1.54, 1.807) is 0 Å². The zero-order chi connectivity index (χ0) is 15.6. The van der Waals surface area contributed by atoms with Crippen LogP contribution in [0.4, 0.5) is 0 Å². The molecule has 1 heterocycles. The Morgan fingerprint density at radius 3 is 2.62 bits per heavy atom. The van der Waals surface area contributed by atoms with Crippen molar-refractivity contribution in [2.45, 2.75) is 71.2 Å². The first-order valence-corrected chi connectivity index (χ1v) is 8.08. The molecule has 0 aromatic heterocycles. The summed E-state index contributed by atoms with van der Waals surface area (Å²) in [6.45, 7) is 12.0. The number of hydrogen-bond acceptors (Lipinski definition) is 3. The second-order valence-electron chi connectivity index (χ2n) is 7.35.